The first-order valence-corrected chi connectivity index (χ1v) is 9.83. The molecular formula is C21H26N4O4. The van der Waals surface area contributed by atoms with Crippen LogP contribution in [-0.4, -0.2) is 54.5 Å². The molecule has 154 valence electrons. The Morgan fingerprint density at radius 1 is 1.34 bits per heavy atom. The molecule has 2 heterocycles. The van der Waals surface area contributed by atoms with Crippen molar-refractivity contribution in [1.29, 1.82) is 0 Å². The van der Waals surface area contributed by atoms with Gasteiger partial charge in [0.2, 0.25) is 0 Å². The van der Waals surface area contributed by atoms with Crippen molar-refractivity contribution in [2.75, 3.05) is 27.4 Å². The second-order valence-corrected chi connectivity index (χ2v) is 7.73. The molecule has 1 aromatic carbocycles. The highest BCUT2D eigenvalue weighted by atomic mass is 16.5. The summed E-state index contributed by atoms with van der Waals surface area (Å²) in [6.07, 6.45) is 1.74. The van der Waals surface area contributed by atoms with Crippen LogP contribution in [0.3, 0.4) is 0 Å². The van der Waals surface area contributed by atoms with Gasteiger partial charge in [0.1, 0.15) is 11.4 Å². The van der Waals surface area contributed by atoms with E-state index in [1.807, 2.05) is 31.2 Å². The maximum Gasteiger partial charge on any atom is 0.271 e. The quantitative estimate of drug-likeness (QED) is 0.773. The highest BCUT2D eigenvalue weighted by Crippen LogP contribution is 2.49. The van der Waals surface area contributed by atoms with Gasteiger partial charge in [-0.25, -0.2) is 0 Å². The lowest BCUT2D eigenvalue weighted by Gasteiger charge is -2.24. The number of fused-ring (bicyclic) bond motifs is 1. The molecule has 1 saturated heterocycles. The Morgan fingerprint density at radius 3 is 2.90 bits per heavy atom. The van der Waals surface area contributed by atoms with Gasteiger partial charge in [-0.05, 0) is 37.5 Å². The Bertz CT molecular complexity index is 941. The van der Waals surface area contributed by atoms with Crippen LogP contribution in [0.15, 0.2) is 30.3 Å². The molecule has 2 aliphatic rings. The molecule has 1 aliphatic carbocycles. The lowest BCUT2D eigenvalue weighted by molar-refractivity contribution is 0.0658. The summed E-state index contributed by atoms with van der Waals surface area (Å²) in [6.45, 7) is 3.28. The predicted octanol–water partition coefficient (Wildman–Crippen LogP) is 1.77. The van der Waals surface area contributed by atoms with Gasteiger partial charge in [0.25, 0.3) is 11.8 Å². The van der Waals surface area contributed by atoms with E-state index in [-0.39, 0.29) is 29.1 Å². The molecule has 1 aliphatic heterocycles. The Balaban J connectivity index is 1.66. The van der Waals surface area contributed by atoms with Gasteiger partial charge >= 0.3 is 0 Å². The summed E-state index contributed by atoms with van der Waals surface area (Å²) in [7, 11) is 3.15. The third kappa shape index (κ3) is 3.60. The molecule has 0 bridgehead atoms. The lowest BCUT2D eigenvalue weighted by Crippen LogP contribution is -2.43. The molecule has 1 saturated carbocycles. The van der Waals surface area contributed by atoms with E-state index in [9.17, 15) is 9.59 Å². The van der Waals surface area contributed by atoms with Gasteiger partial charge in [-0.3, -0.25) is 14.3 Å². The molecule has 2 fully saturated rings. The zero-order valence-corrected chi connectivity index (χ0v) is 16.9. The number of rotatable bonds is 6. The number of amides is 2. The summed E-state index contributed by atoms with van der Waals surface area (Å²) in [5.74, 6) is 0.544. The molecule has 2 aromatic rings. The fourth-order valence-corrected chi connectivity index (χ4v) is 4.03. The van der Waals surface area contributed by atoms with Crippen molar-refractivity contribution in [1.82, 2.24) is 20.4 Å². The van der Waals surface area contributed by atoms with Crippen LogP contribution < -0.4 is 15.4 Å². The minimum Gasteiger partial charge on any atom is -0.497 e. The normalized spacial score (nSPS) is 23.6. The average molecular weight is 398 g/mol. The van der Waals surface area contributed by atoms with E-state index in [0.717, 1.165) is 24.2 Å². The first-order valence-electron chi connectivity index (χ1n) is 9.83. The molecule has 8 heteroatoms. The summed E-state index contributed by atoms with van der Waals surface area (Å²) in [4.78, 5) is 25.3. The number of aromatic nitrogens is 2. The van der Waals surface area contributed by atoms with Crippen molar-refractivity contribution in [3.8, 4) is 5.75 Å². The summed E-state index contributed by atoms with van der Waals surface area (Å²) in [5.41, 5.74) is 1.32. The first-order chi connectivity index (χ1) is 14.0. The lowest BCUT2D eigenvalue weighted by atomic mass is 10.1. The van der Waals surface area contributed by atoms with Crippen LogP contribution in [0, 0.1) is 5.92 Å². The Hall–Kier alpha value is -2.87. The number of carbonyl (C=O) groups excluding carboxylic acids is 2. The van der Waals surface area contributed by atoms with E-state index in [0.29, 0.717) is 24.8 Å². The summed E-state index contributed by atoms with van der Waals surface area (Å²) in [6, 6.07) is 8.90. The Kier molecular flexibility index (Phi) is 5.04. The molecule has 2 N–H and O–H groups in total. The maximum atomic E-state index is 13.2. The van der Waals surface area contributed by atoms with E-state index in [4.69, 9.17) is 9.47 Å². The van der Waals surface area contributed by atoms with Crippen LogP contribution in [0.5, 0.6) is 5.75 Å². The van der Waals surface area contributed by atoms with E-state index in [1.54, 1.807) is 24.9 Å². The molecule has 8 nitrogen and oxygen atoms in total. The van der Waals surface area contributed by atoms with Crippen LogP contribution in [0.25, 0.3) is 0 Å². The zero-order valence-electron chi connectivity index (χ0n) is 16.9. The van der Waals surface area contributed by atoms with Crippen molar-refractivity contribution >= 4 is 11.8 Å². The van der Waals surface area contributed by atoms with E-state index in [2.05, 4.69) is 15.7 Å². The van der Waals surface area contributed by atoms with Crippen molar-refractivity contribution in [3.05, 3.63) is 47.3 Å². The molecule has 29 heavy (non-hydrogen) atoms. The molecular weight excluding hydrogens is 372 g/mol. The number of ether oxygens (including phenoxy) is 2. The molecule has 1 unspecified atom stereocenters. The van der Waals surface area contributed by atoms with Crippen molar-refractivity contribution in [2.24, 2.45) is 5.92 Å². The Labute approximate surface area is 169 Å². The minimum atomic E-state index is -0.329. The molecule has 2 amide bonds. The number of benzene rings is 1. The highest BCUT2D eigenvalue weighted by Gasteiger charge is 2.56. The number of hydrogen-bond donors (Lipinski definition) is 2. The van der Waals surface area contributed by atoms with Crippen molar-refractivity contribution < 1.29 is 19.1 Å². The fraction of sp³-hybridized carbons (Fsp3) is 0.476. The maximum absolute atomic E-state index is 13.2. The third-order valence-corrected chi connectivity index (χ3v) is 5.98. The SMILES string of the molecule is CNC(=O)c1cc(C(=O)NC23CCOC[C@H]2C3)n([C@@H](C)c2cccc(OC)c2)n1. The summed E-state index contributed by atoms with van der Waals surface area (Å²) < 4.78 is 12.4. The van der Waals surface area contributed by atoms with E-state index >= 15 is 0 Å². The summed E-state index contributed by atoms with van der Waals surface area (Å²) >= 11 is 0. The minimum absolute atomic E-state index is 0.184. The number of hydrogen-bond acceptors (Lipinski definition) is 5. The van der Waals surface area contributed by atoms with Gasteiger partial charge in [-0.2, -0.15) is 5.10 Å². The largest absolute Gasteiger partial charge is 0.497 e. The van der Waals surface area contributed by atoms with Crippen LogP contribution in [-0.2, 0) is 4.74 Å². The van der Waals surface area contributed by atoms with E-state index in [1.165, 1.54) is 0 Å². The van der Waals surface area contributed by atoms with Gasteiger partial charge in [0.15, 0.2) is 5.69 Å². The van der Waals surface area contributed by atoms with Crippen LogP contribution in [0.2, 0.25) is 0 Å². The van der Waals surface area contributed by atoms with E-state index < -0.39 is 0 Å². The monoisotopic (exact) mass is 398 g/mol. The van der Waals surface area contributed by atoms with Crippen molar-refractivity contribution in [3.63, 3.8) is 0 Å². The number of nitrogens with zero attached hydrogens (tertiary/aromatic N) is 2. The van der Waals surface area contributed by atoms with Gasteiger partial charge in [0, 0.05) is 31.2 Å². The Morgan fingerprint density at radius 2 is 2.17 bits per heavy atom. The smallest absolute Gasteiger partial charge is 0.271 e. The number of methoxy groups -OCH3 is 1. The van der Waals surface area contributed by atoms with Crippen molar-refractivity contribution in [2.45, 2.75) is 31.3 Å². The van der Waals surface area contributed by atoms with Gasteiger partial charge in [-0.1, -0.05) is 12.1 Å². The second-order valence-electron chi connectivity index (χ2n) is 7.73. The number of carbonyl (C=O) groups is 2. The topological polar surface area (TPSA) is 94.5 Å². The average Bonchev–Trinajstić information content (AvgIpc) is 3.29. The second kappa shape index (κ2) is 7.51. The standard InChI is InChI=1S/C21H26N4O4/c1-13(14-5-4-6-16(9-14)28-3)25-18(10-17(24-25)19(26)22-2)20(27)23-21-7-8-29-12-15(21)11-21/h4-6,9-10,13,15H,7-8,11-12H2,1-3H3,(H,22,26)(H,23,27)/t13-,15+,21?/m0/s1. The van der Waals surface area contributed by atoms with Crippen LogP contribution in [0.1, 0.15) is 52.3 Å². The predicted molar refractivity (Wildman–Crippen MR) is 106 cm³/mol. The van der Waals surface area contributed by atoms with Gasteiger partial charge in [0.05, 0.1) is 19.8 Å². The zero-order chi connectivity index (χ0) is 20.6. The molecule has 0 spiro atoms. The highest BCUT2D eigenvalue weighted by molar-refractivity contribution is 5.98. The molecule has 1 aromatic heterocycles. The molecule has 0 radical (unpaired) electrons. The summed E-state index contributed by atoms with van der Waals surface area (Å²) in [5, 5.41) is 10.2. The third-order valence-electron chi connectivity index (χ3n) is 5.98. The van der Waals surface area contributed by atoms with Crippen LogP contribution >= 0.6 is 0 Å². The van der Waals surface area contributed by atoms with Gasteiger partial charge < -0.3 is 20.1 Å². The first kappa shape index (κ1) is 19.4. The van der Waals surface area contributed by atoms with Crippen LogP contribution in [0.4, 0.5) is 0 Å². The molecule has 3 atom stereocenters. The van der Waals surface area contributed by atoms with Gasteiger partial charge in [-0.15, -0.1) is 0 Å². The number of nitrogens with one attached hydrogen (secondary N) is 2. The molecule has 4 rings (SSSR count). The fourth-order valence-electron chi connectivity index (χ4n) is 4.03.